The first-order valence-electron chi connectivity index (χ1n) is 12.9. The number of carboxylic acids is 1. The molecule has 4 amide bonds. The first kappa shape index (κ1) is 33.2. The second kappa shape index (κ2) is 15.1. The van der Waals surface area contributed by atoms with Gasteiger partial charge in [0.2, 0.25) is 23.6 Å². The molecule has 15 nitrogen and oxygen atoms in total. The number of carbonyl (C=O) groups excluding carboxylic acids is 4. The van der Waals surface area contributed by atoms with Crippen molar-refractivity contribution in [2.24, 2.45) is 11.7 Å². The largest absolute Gasteiger partial charge is 0.508 e. The van der Waals surface area contributed by atoms with Crippen molar-refractivity contribution in [3.8, 4) is 5.75 Å². The first-order valence-corrected chi connectivity index (χ1v) is 12.9. The summed E-state index contributed by atoms with van der Waals surface area (Å²) in [5.41, 5.74) is 6.61. The van der Waals surface area contributed by atoms with E-state index >= 15 is 0 Å². The predicted molar refractivity (Wildman–Crippen MR) is 150 cm³/mol. The number of nitro groups is 1. The second-order valence-electron chi connectivity index (χ2n) is 9.89. The van der Waals surface area contributed by atoms with Gasteiger partial charge < -0.3 is 37.2 Å². The molecule has 2 rings (SSSR count). The molecule has 0 saturated heterocycles. The van der Waals surface area contributed by atoms with Gasteiger partial charge in [0, 0.05) is 17.8 Å². The summed E-state index contributed by atoms with van der Waals surface area (Å²) in [6, 6.07) is 6.06. The number of nitrogens with one attached hydrogen (secondary N) is 4. The highest BCUT2D eigenvalue weighted by Gasteiger charge is 2.31. The lowest BCUT2D eigenvalue weighted by Crippen LogP contribution is -2.58. The Morgan fingerprint density at radius 2 is 1.45 bits per heavy atom. The summed E-state index contributed by atoms with van der Waals surface area (Å²) in [4.78, 5) is 72.7. The number of aromatic hydroxyl groups is 1. The molecule has 2 aromatic carbocycles. The van der Waals surface area contributed by atoms with Crippen LogP contribution in [-0.4, -0.2) is 68.9 Å². The Morgan fingerprint density at radius 3 is 1.98 bits per heavy atom. The van der Waals surface area contributed by atoms with Crippen molar-refractivity contribution in [2.45, 2.75) is 57.8 Å². The molecule has 0 radical (unpaired) electrons. The van der Waals surface area contributed by atoms with Gasteiger partial charge in [-0.3, -0.25) is 34.1 Å². The molecular formula is C27H34N6O9. The second-order valence-corrected chi connectivity index (χ2v) is 9.89. The molecule has 42 heavy (non-hydrogen) atoms. The van der Waals surface area contributed by atoms with Crippen LogP contribution in [0.2, 0.25) is 0 Å². The van der Waals surface area contributed by atoms with Crippen LogP contribution in [0.3, 0.4) is 0 Å². The molecule has 0 aliphatic carbocycles. The number of nitrogens with two attached hydrogens (primary N) is 1. The Kier molecular flexibility index (Phi) is 11.9. The van der Waals surface area contributed by atoms with Crippen molar-refractivity contribution in [1.82, 2.24) is 16.0 Å². The average molecular weight is 587 g/mol. The molecule has 0 spiro atoms. The highest BCUT2D eigenvalue weighted by molar-refractivity contribution is 6.00. The van der Waals surface area contributed by atoms with Gasteiger partial charge in [-0.1, -0.05) is 26.0 Å². The molecule has 226 valence electrons. The molecule has 0 aromatic heterocycles. The van der Waals surface area contributed by atoms with Crippen LogP contribution in [0.25, 0.3) is 0 Å². The summed E-state index contributed by atoms with van der Waals surface area (Å²) >= 11 is 0. The zero-order valence-corrected chi connectivity index (χ0v) is 23.2. The summed E-state index contributed by atoms with van der Waals surface area (Å²) in [7, 11) is 0. The maximum Gasteiger partial charge on any atom is 0.305 e. The van der Waals surface area contributed by atoms with Gasteiger partial charge in [0.15, 0.2) is 0 Å². The van der Waals surface area contributed by atoms with E-state index in [9.17, 15) is 44.3 Å². The molecule has 0 fully saturated rings. The van der Waals surface area contributed by atoms with Crippen molar-refractivity contribution in [1.29, 1.82) is 0 Å². The number of benzene rings is 2. The van der Waals surface area contributed by atoms with Gasteiger partial charge in [0.05, 0.1) is 17.4 Å². The number of aliphatic carboxylic acids is 1. The third kappa shape index (κ3) is 10.2. The van der Waals surface area contributed by atoms with Crippen molar-refractivity contribution < 1.29 is 39.1 Å². The van der Waals surface area contributed by atoms with Gasteiger partial charge in [0.25, 0.3) is 5.69 Å². The lowest BCUT2D eigenvalue weighted by atomic mass is 10.0. The SMILES string of the molecule is CC(C)[C@H](NC(=O)[C@@H](N)Cc1ccc(O)cc1)C(=O)N[C@@H](C)C(=O)N[C@@H](CC(=O)O)C(=O)Nc1ccc([N+](=O)[O-])cc1. The number of non-ortho nitro benzene ring substituents is 1. The lowest BCUT2D eigenvalue weighted by Gasteiger charge is -2.26. The zero-order chi connectivity index (χ0) is 31.6. The van der Waals surface area contributed by atoms with Crippen LogP contribution in [0, 0.1) is 16.0 Å². The van der Waals surface area contributed by atoms with Gasteiger partial charge in [-0.15, -0.1) is 0 Å². The highest BCUT2D eigenvalue weighted by atomic mass is 16.6. The minimum Gasteiger partial charge on any atom is -0.508 e. The third-order valence-electron chi connectivity index (χ3n) is 6.09. The summed E-state index contributed by atoms with van der Waals surface area (Å²) in [6.07, 6.45) is -0.640. The first-order chi connectivity index (χ1) is 19.7. The van der Waals surface area contributed by atoms with Crippen LogP contribution in [-0.2, 0) is 30.4 Å². The Balaban J connectivity index is 2.01. The number of hydrogen-bond donors (Lipinski definition) is 7. The summed E-state index contributed by atoms with van der Waals surface area (Å²) in [6.45, 7) is 4.66. The van der Waals surface area contributed by atoms with E-state index in [2.05, 4.69) is 21.3 Å². The Bertz CT molecular complexity index is 1300. The number of carbonyl (C=O) groups is 5. The molecule has 0 unspecified atom stereocenters. The quantitative estimate of drug-likeness (QED) is 0.119. The number of amides is 4. The average Bonchev–Trinajstić information content (AvgIpc) is 2.91. The third-order valence-corrected chi connectivity index (χ3v) is 6.09. The maximum absolute atomic E-state index is 13.0. The Labute approximate surface area is 241 Å². The summed E-state index contributed by atoms with van der Waals surface area (Å²) < 4.78 is 0. The fraction of sp³-hybridized carbons (Fsp3) is 0.370. The van der Waals surface area contributed by atoms with E-state index < -0.39 is 71.0 Å². The minimum atomic E-state index is -1.54. The van der Waals surface area contributed by atoms with Crippen molar-refractivity contribution in [3.63, 3.8) is 0 Å². The number of carboxylic acid groups (broad SMARTS) is 1. The number of phenolic OH excluding ortho intramolecular Hbond substituents is 1. The van der Waals surface area contributed by atoms with Crippen molar-refractivity contribution in [3.05, 3.63) is 64.2 Å². The topological polar surface area (TPSA) is 243 Å². The van der Waals surface area contributed by atoms with Gasteiger partial charge in [-0.2, -0.15) is 0 Å². The van der Waals surface area contributed by atoms with Gasteiger partial charge >= 0.3 is 5.97 Å². The van der Waals surface area contributed by atoms with Gasteiger partial charge in [-0.05, 0) is 49.1 Å². The number of rotatable bonds is 14. The summed E-state index contributed by atoms with van der Waals surface area (Å²) in [5, 5.41) is 39.1. The van der Waals surface area contributed by atoms with Gasteiger partial charge in [0.1, 0.15) is 23.9 Å². The molecule has 0 bridgehead atoms. The maximum atomic E-state index is 13.0. The van der Waals surface area contributed by atoms with E-state index in [-0.39, 0.29) is 23.5 Å². The van der Waals surface area contributed by atoms with E-state index in [0.717, 1.165) is 12.1 Å². The van der Waals surface area contributed by atoms with Crippen LogP contribution in [0.15, 0.2) is 48.5 Å². The van der Waals surface area contributed by atoms with Crippen molar-refractivity contribution >= 4 is 41.0 Å². The Morgan fingerprint density at radius 1 is 0.857 bits per heavy atom. The molecular weight excluding hydrogens is 552 g/mol. The van der Waals surface area contributed by atoms with Crippen LogP contribution in [0.1, 0.15) is 32.8 Å². The predicted octanol–water partition coefficient (Wildman–Crippen LogP) is 0.414. The van der Waals surface area contributed by atoms with Crippen LogP contribution >= 0.6 is 0 Å². The number of hydrogen-bond acceptors (Lipinski definition) is 9. The molecule has 8 N–H and O–H groups in total. The molecule has 2 aromatic rings. The minimum absolute atomic E-state index is 0.0610. The lowest BCUT2D eigenvalue weighted by molar-refractivity contribution is -0.384. The normalized spacial score (nSPS) is 13.6. The van der Waals surface area contributed by atoms with E-state index in [4.69, 9.17) is 5.73 Å². The molecule has 0 heterocycles. The van der Waals surface area contributed by atoms with E-state index in [1.165, 1.54) is 31.2 Å². The van der Waals surface area contributed by atoms with E-state index in [0.29, 0.717) is 5.56 Å². The molecule has 0 aliphatic rings. The summed E-state index contributed by atoms with van der Waals surface area (Å²) in [5.74, 6) is -4.81. The van der Waals surface area contributed by atoms with E-state index in [1.807, 2.05) is 0 Å². The van der Waals surface area contributed by atoms with Crippen LogP contribution < -0.4 is 27.0 Å². The monoisotopic (exact) mass is 586 g/mol. The van der Waals surface area contributed by atoms with Crippen LogP contribution in [0.5, 0.6) is 5.75 Å². The molecule has 4 atom stereocenters. The standard InChI is InChI=1S/C27H34N6O9/c1-14(2)23(32-25(38)20(28)12-16-4-10-19(34)11-5-16)27(40)29-15(3)24(37)31-21(13-22(35)36)26(39)30-17-6-8-18(9-7-17)33(41)42/h4-11,14-15,20-21,23,34H,12-13,28H2,1-3H3,(H,29,40)(H,30,39)(H,31,37)(H,32,38)(H,35,36)/t15-,20-,21-,23-/m0/s1. The molecule has 0 aliphatic heterocycles. The number of anilines is 1. The fourth-order valence-corrected chi connectivity index (χ4v) is 3.72. The van der Waals surface area contributed by atoms with Crippen LogP contribution in [0.4, 0.5) is 11.4 Å². The zero-order valence-electron chi connectivity index (χ0n) is 23.2. The number of nitrogens with zero attached hydrogens (tertiary/aromatic N) is 1. The number of nitro benzene ring substituents is 1. The smallest absolute Gasteiger partial charge is 0.305 e. The molecule has 0 saturated carbocycles. The Hall–Kier alpha value is -5.05. The van der Waals surface area contributed by atoms with E-state index in [1.54, 1.807) is 26.0 Å². The van der Waals surface area contributed by atoms with Crippen molar-refractivity contribution in [2.75, 3.05) is 5.32 Å². The number of phenols is 1. The fourth-order valence-electron chi connectivity index (χ4n) is 3.72. The van der Waals surface area contributed by atoms with Gasteiger partial charge in [-0.25, -0.2) is 0 Å². The highest BCUT2D eigenvalue weighted by Crippen LogP contribution is 2.16. The molecule has 15 heteroatoms.